The molecule has 21 heavy (non-hydrogen) atoms. The van der Waals surface area contributed by atoms with Crippen LogP contribution in [0.3, 0.4) is 0 Å². The smallest absolute Gasteiger partial charge is 0.169 e. The summed E-state index contributed by atoms with van der Waals surface area (Å²) in [5.41, 5.74) is -5.57. The van der Waals surface area contributed by atoms with Crippen molar-refractivity contribution in [3.05, 3.63) is 59.7 Å². The molecular formula is C15H12F6. The van der Waals surface area contributed by atoms with E-state index >= 15 is 0 Å². The lowest BCUT2D eigenvalue weighted by Crippen LogP contribution is -2.55. The van der Waals surface area contributed by atoms with E-state index in [-0.39, 0.29) is 6.42 Å². The Balaban J connectivity index is 2.79. The van der Waals surface area contributed by atoms with Gasteiger partial charge in [-0.25, -0.2) is 0 Å². The van der Waals surface area contributed by atoms with E-state index < -0.39 is 28.9 Å². The number of hydrogen-bond donors (Lipinski definition) is 0. The molecule has 0 amide bonds. The number of alkyl halides is 6. The molecule has 0 saturated carbocycles. The molecule has 0 spiro atoms. The van der Waals surface area contributed by atoms with Gasteiger partial charge in [-0.15, -0.1) is 0 Å². The van der Waals surface area contributed by atoms with Gasteiger partial charge in [0.1, 0.15) is 0 Å². The summed E-state index contributed by atoms with van der Waals surface area (Å²) in [6.07, 6.45) is -7.09. The highest BCUT2D eigenvalue weighted by Crippen LogP contribution is 2.57. The van der Waals surface area contributed by atoms with Crippen molar-refractivity contribution in [2.24, 2.45) is 0 Å². The topological polar surface area (TPSA) is 0 Å². The third kappa shape index (κ3) is 2.47. The fourth-order valence-electron chi connectivity index (χ4n) is 2.56. The molecule has 0 nitrogen and oxygen atoms in total. The SMILES string of the molecule is FC(F)(F)C(C1=CCCC=C1)(c1ccccc1)C(F)(F)F. The average molecular weight is 306 g/mol. The predicted molar refractivity (Wildman–Crippen MR) is 66.7 cm³/mol. The summed E-state index contributed by atoms with van der Waals surface area (Å²) in [6.45, 7) is 0. The number of benzene rings is 1. The van der Waals surface area contributed by atoms with Crippen molar-refractivity contribution >= 4 is 0 Å². The molecule has 0 N–H and O–H groups in total. The second kappa shape index (κ2) is 5.24. The fourth-order valence-corrected chi connectivity index (χ4v) is 2.56. The van der Waals surface area contributed by atoms with Gasteiger partial charge in [0.05, 0.1) is 0 Å². The lowest BCUT2D eigenvalue weighted by Gasteiger charge is -2.39. The summed E-state index contributed by atoms with van der Waals surface area (Å²) < 4.78 is 81.3. The number of allylic oxidation sites excluding steroid dienone is 4. The van der Waals surface area contributed by atoms with Gasteiger partial charge in [0.15, 0.2) is 0 Å². The summed E-state index contributed by atoms with van der Waals surface area (Å²) in [4.78, 5) is 0. The quantitative estimate of drug-likeness (QED) is 0.648. The van der Waals surface area contributed by atoms with Crippen molar-refractivity contribution < 1.29 is 26.3 Å². The molecule has 1 aromatic carbocycles. The van der Waals surface area contributed by atoms with Gasteiger partial charge >= 0.3 is 12.4 Å². The zero-order valence-corrected chi connectivity index (χ0v) is 10.8. The third-order valence-corrected chi connectivity index (χ3v) is 3.49. The van der Waals surface area contributed by atoms with Crippen LogP contribution in [-0.4, -0.2) is 12.4 Å². The Morgan fingerprint density at radius 1 is 0.762 bits per heavy atom. The average Bonchev–Trinajstić information content (AvgIpc) is 2.38. The molecule has 0 unspecified atom stereocenters. The van der Waals surface area contributed by atoms with Crippen molar-refractivity contribution in [1.29, 1.82) is 0 Å². The Hall–Kier alpha value is -1.72. The fraction of sp³-hybridized carbons (Fsp3) is 0.333. The minimum atomic E-state index is -5.49. The van der Waals surface area contributed by atoms with Gasteiger partial charge in [0.2, 0.25) is 5.41 Å². The van der Waals surface area contributed by atoms with Crippen LogP contribution < -0.4 is 0 Å². The molecular weight excluding hydrogens is 294 g/mol. The molecule has 1 aliphatic carbocycles. The standard InChI is InChI=1S/C15H12F6/c16-14(17,18)13(15(19,20)21,11-7-3-1-4-8-11)12-9-5-2-6-10-12/h1,3-5,7-10H,2,6H2. The molecule has 1 aromatic rings. The van der Waals surface area contributed by atoms with Crippen LogP contribution in [0.2, 0.25) is 0 Å². The van der Waals surface area contributed by atoms with Crippen LogP contribution in [0.5, 0.6) is 0 Å². The summed E-state index contributed by atoms with van der Waals surface area (Å²) in [5, 5.41) is 0. The Labute approximate surface area is 117 Å². The monoisotopic (exact) mass is 306 g/mol. The third-order valence-electron chi connectivity index (χ3n) is 3.49. The van der Waals surface area contributed by atoms with E-state index in [2.05, 4.69) is 0 Å². The lowest BCUT2D eigenvalue weighted by atomic mass is 9.71. The highest BCUT2D eigenvalue weighted by molar-refractivity contribution is 5.47. The Kier molecular flexibility index (Phi) is 3.91. The molecule has 0 atom stereocenters. The maximum absolute atomic E-state index is 13.5. The Morgan fingerprint density at radius 2 is 1.33 bits per heavy atom. The van der Waals surface area contributed by atoms with E-state index in [0.29, 0.717) is 6.42 Å². The molecule has 6 heteroatoms. The van der Waals surface area contributed by atoms with Crippen molar-refractivity contribution in [2.45, 2.75) is 30.6 Å². The molecule has 0 aromatic heterocycles. The predicted octanol–water partition coefficient (Wildman–Crippen LogP) is 5.33. The van der Waals surface area contributed by atoms with Crippen LogP contribution in [0.25, 0.3) is 0 Å². The Morgan fingerprint density at radius 3 is 1.76 bits per heavy atom. The van der Waals surface area contributed by atoms with Gasteiger partial charge in [-0.3, -0.25) is 0 Å². The van der Waals surface area contributed by atoms with Gasteiger partial charge in [-0.2, -0.15) is 26.3 Å². The van der Waals surface area contributed by atoms with Crippen LogP contribution in [0, 0.1) is 0 Å². The number of rotatable bonds is 2. The van der Waals surface area contributed by atoms with Crippen LogP contribution in [0.4, 0.5) is 26.3 Å². The molecule has 114 valence electrons. The normalized spacial score (nSPS) is 16.8. The van der Waals surface area contributed by atoms with E-state index in [1.54, 1.807) is 0 Å². The maximum atomic E-state index is 13.5. The first-order valence-corrected chi connectivity index (χ1v) is 6.27. The van der Waals surface area contributed by atoms with Crippen molar-refractivity contribution in [1.82, 2.24) is 0 Å². The molecule has 0 aliphatic heterocycles. The first-order valence-electron chi connectivity index (χ1n) is 6.27. The van der Waals surface area contributed by atoms with Crippen molar-refractivity contribution in [3.8, 4) is 0 Å². The van der Waals surface area contributed by atoms with Crippen molar-refractivity contribution in [2.75, 3.05) is 0 Å². The first-order chi connectivity index (χ1) is 9.71. The Bertz CT molecular complexity index is 534. The summed E-state index contributed by atoms with van der Waals surface area (Å²) in [6, 6.07) is 5.46. The molecule has 0 bridgehead atoms. The zero-order valence-electron chi connectivity index (χ0n) is 10.8. The summed E-state index contributed by atoms with van der Waals surface area (Å²) >= 11 is 0. The number of halogens is 6. The van der Waals surface area contributed by atoms with Crippen LogP contribution in [-0.2, 0) is 5.41 Å². The molecule has 0 heterocycles. The molecule has 1 aliphatic rings. The van der Waals surface area contributed by atoms with Crippen LogP contribution in [0.1, 0.15) is 18.4 Å². The molecule has 0 saturated heterocycles. The van der Waals surface area contributed by atoms with E-state index in [4.69, 9.17) is 0 Å². The van der Waals surface area contributed by atoms with Gasteiger partial charge in [0, 0.05) is 0 Å². The minimum Gasteiger partial charge on any atom is -0.169 e. The second-order valence-corrected chi connectivity index (χ2v) is 4.75. The van der Waals surface area contributed by atoms with E-state index in [1.165, 1.54) is 24.3 Å². The van der Waals surface area contributed by atoms with Crippen molar-refractivity contribution in [3.63, 3.8) is 0 Å². The lowest BCUT2D eigenvalue weighted by molar-refractivity contribution is -0.289. The second-order valence-electron chi connectivity index (χ2n) is 4.75. The van der Waals surface area contributed by atoms with Gasteiger partial charge < -0.3 is 0 Å². The van der Waals surface area contributed by atoms with E-state index in [1.807, 2.05) is 0 Å². The van der Waals surface area contributed by atoms with Gasteiger partial charge in [0.25, 0.3) is 0 Å². The molecule has 0 radical (unpaired) electrons. The van der Waals surface area contributed by atoms with Crippen LogP contribution in [0.15, 0.2) is 54.1 Å². The van der Waals surface area contributed by atoms with Gasteiger partial charge in [-0.05, 0) is 24.0 Å². The molecule has 2 rings (SSSR count). The summed E-state index contributed by atoms with van der Waals surface area (Å²) in [7, 11) is 0. The largest absolute Gasteiger partial charge is 0.411 e. The van der Waals surface area contributed by atoms with E-state index in [0.717, 1.165) is 24.3 Å². The highest BCUT2D eigenvalue weighted by atomic mass is 19.4. The molecule has 0 fully saturated rings. The van der Waals surface area contributed by atoms with E-state index in [9.17, 15) is 26.3 Å². The van der Waals surface area contributed by atoms with Gasteiger partial charge in [-0.1, -0.05) is 48.6 Å². The number of hydrogen-bond acceptors (Lipinski definition) is 0. The highest BCUT2D eigenvalue weighted by Gasteiger charge is 2.72. The zero-order chi connectivity index (χ0) is 15.7. The minimum absolute atomic E-state index is 0.159. The maximum Gasteiger partial charge on any atom is 0.411 e. The summed E-state index contributed by atoms with van der Waals surface area (Å²) in [5.74, 6) is 0. The first kappa shape index (κ1) is 15.7. The van der Waals surface area contributed by atoms with Crippen LogP contribution >= 0.6 is 0 Å².